The first kappa shape index (κ1) is 16.3. The normalized spacial score (nSPS) is 9.92. The average Bonchev–Trinajstić information content (AvgIpc) is 3.07. The van der Waals surface area contributed by atoms with Gasteiger partial charge in [0.1, 0.15) is 12.3 Å². The highest BCUT2D eigenvalue weighted by Crippen LogP contribution is 2.15. The van der Waals surface area contributed by atoms with Gasteiger partial charge in [-0.2, -0.15) is 0 Å². The number of pyridine rings is 1. The number of aromatic nitrogens is 2. The summed E-state index contributed by atoms with van der Waals surface area (Å²) in [6.07, 6.45) is 3.45. The Morgan fingerprint density at radius 3 is 2.96 bits per heavy atom. The molecule has 0 fully saturated rings. The largest absolute Gasteiger partial charge is 0.445 e. The summed E-state index contributed by atoms with van der Waals surface area (Å²) >= 11 is 0. The van der Waals surface area contributed by atoms with Crippen molar-refractivity contribution in [1.82, 2.24) is 15.3 Å². The summed E-state index contributed by atoms with van der Waals surface area (Å²) in [6, 6.07) is 11.2. The minimum Gasteiger partial charge on any atom is -0.445 e. The minimum atomic E-state index is -0.527. The third-order valence-electron chi connectivity index (χ3n) is 3.46. The molecule has 1 aromatic carbocycles. The van der Waals surface area contributed by atoms with Gasteiger partial charge in [-0.1, -0.05) is 42.2 Å². The number of carbonyl (C=O) groups excluding carboxylic acids is 2. The van der Waals surface area contributed by atoms with Crippen LogP contribution in [0, 0.1) is 11.8 Å². The second-order valence-electron chi connectivity index (χ2n) is 5.20. The number of hydrogen-bond donors (Lipinski definition) is 2. The Hall–Kier alpha value is -3.59. The Labute approximate surface area is 144 Å². The van der Waals surface area contributed by atoms with Gasteiger partial charge >= 0.3 is 6.09 Å². The van der Waals surface area contributed by atoms with Crippen molar-refractivity contribution in [2.24, 2.45) is 0 Å². The van der Waals surface area contributed by atoms with Crippen LogP contribution >= 0.6 is 0 Å². The summed E-state index contributed by atoms with van der Waals surface area (Å²) in [5, 5.41) is 3.28. The predicted molar refractivity (Wildman–Crippen MR) is 93.0 cm³/mol. The van der Waals surface area contributed by atoms with Crippen molar-refractivity contribution < 1.29 is 14.3 Å². The number of aromatic amines is 1. The van der Waals surface area contributed by atoms with Crippen molar-refractivity contribution in [2.75, 3.05) is 6.54 Å². The van der Waals surface area contributed by atoms with Crippen LogP contribution in [-0.4, -0.2) is 28.9 Å². The molecule has 6 nitrogen and oxygen atoms in total. The van der Waals surface area contributed by atoms with Gasteiger partial charge in [0.15, 0.2) is 6.29 Å². The quantitative estimate of drug-likeness (QED) is 0.568. The summed E-state index contributed by atoms with van der Waals surface area (Å²) in [7, 11) is 0. The Kier molecular flexibility index (Phi) is 5.07. The van der Waals surface area contributed by atoms with Crippen LogP contribution in [0.25, 0.3) is 11.0 Å². The molecule has 2 aromatic heterocycles. The minimum absolute atomic E-state index is 0.152. The molecule has 3 aromatic rings. The van der Waals surface area contributed by atoms with E-state index < -0.39 is 6.09 Å². The number of amides is 1. The van der Waals surface area contributed by atoms with Crippen molar-refractivity contribution in [3.8, 4) is 11.8 Å². The van der Waals surface area contributed by atoms with Crippen LogP contribution in [0.2, 0.25) is 0 Å². The monoisotopic (exact) mass is 333 g/mol. The number of H-pyrrole nitrogens is 1. The predicted octanol–water partition coefficient (Wildman–Crippen LogP) is 2.65. The third kappa shape index (κ3) is 4.24. The fraction of sp³-hybridized carbons (Fsp3) is 0.105. The standard InChI is InChI=1S/C19H15N3O3/c23-12-16-11-22-18-17(16)9-15(10-21-18)7-4-8-20-19(24)25-13-14-5-2-1-3-6-14/h1-3,5-6,9-12H,8,13H2,(H,20,24)(H,21,22). The van der Waals surface area contributed by atoms with Crippen LogP contribution in [0.3, 0.4) is 0 Å². The van der Waals surface area contributed by atoms with E-state index in [1.54, 1.807) is 18.5 Å². The molecule has 0 saturated heterocycles. The van der Waals surface area contributed by atoms with Gasteiger partial charge in [-0.05, 0) is 11.6 Å². The van der Waals surface area contributed by atoms with Crippen LogP contribution in [0.5, 0.6) is 0 Å². The molecule has 6 heteroatoms. The van der Waals surface area contributed by atoms with Gasteiger partial charge in [0.25, 0.3) is 0 Å². The number of fused-ring (bicyclic) bond motifs is 1. The molecule has 1 amide bonds. The number of rotatable bonds is 4. The number of hydrogen-bond acceptors (Lipinski definition) is 4. The van der Waals surface area contributed by atoms with Crippen molar-refractivity contribution in [3.05, 3.63) is 65.5 Å². The number of nitrogens with zero attached hydrogens (tertiary/aromatic N) is 1. The number of nitrogens with one attached hydrogen (secondary N) is 2. The fourth-order valence-corrected chi connectivity index (χ4v) is 2.23. The summed E-state index contributed by atoms with van der Waals surface area (Å²) < 4.78 is 5.08. The molecule has 124 valence electrons. The second-order valence-corrected chi connectivity index (χ2v) is 5.20. The van der Waals surface area contributed by atoms with Gasteiger partial charge in [-0.15, -0.1) is 0 Å². The summed E-state index contributed by atoms with van der Waals surface area (Å²) in [5.41, 5.74) is 2.75. The van der Waals surface area contributed by atoms with Gasteiger partial charge in [0.05, 0.1) is 6.54 Å². The Balaban J connectivity index is 1.52. The molecule has 2 heterocycles. The molecular weight excluding hydrogens is 318 g/mol. The third-order valence-corrected chi connectivity index (χ3v) is 3.46. The first-order valence-corrected chi connectivity index (χ1v) is 7.62. The van der Waals surface area contributed by atoms with Crippen LogP contribution in [0.15, 0.2) is 48.8 Å². The van der Waals surface area contributed by atoms with E-state index in [0.717, 1.165) is 17.2 Å². The van der Waals surface area contributed by atoms with Gasteiger partial charge in [0, 0.05) is 28.9 Å². The highest BCUT2D eigenvalue weighted by Gasteiger charge is 2.04. The molecule has 0 spiro atoms. The zero-order valence-corrected chi connectivity index (χ0v) is 13.3. The first-order valence-electron chi connectivity index (χ1n) is 7.62. The van der Waals surface area contributed by atoms with E-state index in [-0.39, 0.29) is 13.2 Å². The van der Waals surface area contributed by atoms with E-state index in [2.05, 4.69) is 27.1 Å². The van der Waals surface area contributed by atoms with Crippen molar-refractivity contribution in [3.63, 3.8) is 0 Å². The van der Waals surface area contributed by atoms with E-state index in [1.165, 1.54) is 0 Å². The summed E-state index contributed by atoms with van der Waals surface area (Å²) in [4.78, 5) is 29.7. The number of benzene rings is 1. The van der Waals surface area contributed by atoms with Gasteiger partial charge in [-0.25, -0.2) is 9.78 Å². The molecular formula is C19H15N3O3. The van der Waals surface area contributed by atoms with Crippen LogP contribution < -0.4 is 5.32 Å². The van der Waals surface area contributed by atoms with Crippen LogP contribution in [0.4, 0.5) is 4.79 Å². The van der Waals surface area contributed by atoms with E-state index >= 15 is 0 Å². The SMILES string of the molecule is O=Cc1c[nH]c2ncc(C#CCNC(=O)OCc3ccccc3)cc12. The highest BCUT2D eigenvalue weighted by atomic mass is 16.5. The molecule has 3 rings (SSSR count). The van der Waals surface area contributed by atoms with Gasteiger partial charge < -0.3 is 15.0 Å². The number of ether oxygens (including phenoxy) is 1. The molecule has 0 aliphatic rings. The van der Waals surface area contributed by atoms with Crippen molar-refractivity contribution in [1.29, 1.82) is 0 Å². The molecule has 0 bridgehead atoms. The zero-order valence-electron chi connectivity index (χ0n) is 13.3. The lowest BCUT2D eigenvalue weighted by molar-refractivity contribution is 0.112. The van der Waals surface area contributed by atoms with E-state index in [4.69, 9.17) is 4.74 Å². The second kappa shape index (κ2) is 7.79. The molecule has 25 heavy (non-hydrogen) atoms. The lowest BCUT2D eigenvalue weighted by Gasteiger charge is -2.04. The van der Waals surface area contributed by atoms with Crippen molar-refractivity contribution >= 4 is 23.4 Å². The number of carbonyl (C=O) groups is 2. The molecule has 2 N–H and O–H groups in total. The van der Waals surface area contributed by atoms with E-state index in [1.807, 2.05) is 30.3 Å². The van der Waals surface area contributed by atoms with Gasteiger partial charge in [0.2, 0.25) is 0 Å². The fourth-order valence-electron chi connectivity index (χ4n) is 2.23. The lowest BCUT2D eigenvalue weighted by atomic mass is 10.2. The van der Waals surface area contributed by atoms with E-state index in [9.17, 15) is 9.59 Å². The molecule has 0 unspecified atom stereocenters. The molecule has 0 atom stereocenters. The zero-order chi connectivity index (χ0) is 17.5. The Morgan fingerprint density at radius 2 is 2.16 bits per heavy atom. The molecule has 0 aliphatic carbocycles. The number of aldehydes is 1. The Morgan fingerprint density at radius 1 is 1.32 bits per heavy atom. The summed E-state index contributed by atoms with van der Waals surface area (Å²) in [6.45, 7) is 0.363. The maximum atomic E-state index is 11.6. The Bertz CT molecular complexity index is 952. The van der Waals surface area contributed by atoms with E-state index in [0.29, 0.717) is 16.8 Å². The van der Waals surface area contributed by atoms with Crippen LogP contribution in [0.1, 0.15) is 21.5 Å². The molecule has 0 radical (unpaired) electrons. The first-order chi connectivity index (χ1) is 12.3. The lowest BCUT2D eigenvalue weighted by Crippen LogP contribution is -2.24. The van der Waals surface area contributed by atoms with Gasteiger partial charge in [-0.3, -0.25) is 4.79 Å². The maximum Gasteiger partial charge on any atom is 0.408 e. The van der Waals surface area contributed by atoms with Crippen molar-refractivity contribution in [2.45, 2.75) is 6.61 Å². The molecule has 0 saturated carbocycles. The topological polar surface area (TPSA) is 84.1 Å². The molecule has 0 aliphatic heterocycles. The van der Waals surface area contributed by atoms with Crippen LogP contribution in [-0.2, 0) is 11.3 Å². The number of alkyl carbamates (subject to hydrolysis) is 1. The maximum absolute atomic E-state index is 11.6. The average molecular weight is 333 g/mol. The smallest absolute Gasteiger partial charge is 0.408 e. The highest BCUT2D eigenvalue weighted by molar-refractivity contribution is 5.96. The summed E-state index contributed by atoms with van der Waals surface area (Å²) in [5.74, 6) is 5.72.